The van der Waals surface area contributed by atoms with Gasteiger partial charge in [0.15, 0.2) is 0 Å². The molecule has 0 saturated carbocycles. The van der Waals surface area contributed by atoms with Gasteiger partial charge in [0, 0.05) is 39.8 Å². The summed E-state index contributed by atoms with van der Waals surface area (Å²) in [6.07, 6.45) is 0. The van der Waals surface area contributed by atoms with Crippen LogP contribution >= 0.6 is 0 Å². The van der Waals surface area contributed by atoms with Crippen LogP contribution in [-0.4, -0.2) is 62.3 Å². The van der Waals surface area contributed by atoms with Crippen LogP contribution in [-0.2, 0) is 4.74 Å². The first-order chi connectivity index (χ1) is 10.1. The van der Waals surface area contributed by atoms with Crippen molar-refractivity contribution < 1.29 is 18.3 Å². The first-order valence-electron chi connectivity index (χ1n) is 6.83. The number of nitrogens with one attached hydrogen (secondary N) is 1. The van der Waals surface area contributed by atoms with E-state index in [-0.39, 0.29) is 0 Å². The first kappa shape index (κ1) is 15.7. The number of hydrogen-bond donors (Lipinski definition) is 1. The summed E-state index contributed by atoms with van der Waals surface area (Å²) in [6, 6.07) is 3.00. The molecule has 0 atom stereocenters. The summed E-state index contributed by atoms with van der Waals surface area (Å²) in [7, 11) is 1.65. The van der Waals surface area contributed by atoms with E-state index in [1.54, 1.807) is 12.0 Å². The third-order valence-corrected chi connectivity index (χ3v) is 3.47. The lowest BCUT2D eigenvalue weighted by molar-refractivity contribution is 0.109. The molecule has 0 bridgehead atoms. The minimum absolute atomic E-state index is 0.399. The first-order valence-corrected chi connectivity index (χ1v) is 6.83. The van der Waals surface area contributed by atoms with Crippen LogP contribution in [0.4, 0.5) is 19.3 Å². The molecule has 21 heavy (non-hydrogen) atoms. The van der Waals surface area contributed by atoms with E-state index in [1.807, 2.05) is 0 Å². The van der Waals surface area contributed by atoms with Gasteiger partial charge < -0.3 is 15.0 Å². The number of hydrogen-bond acceptors (Lipinski definition) is 3. The van der Waals surface area contributed by atoms with Crippen molar-refractivity contribution >= 4 is 11.7 Å². The summed E-state index contributed by atoms with van der Waals surface area (Å²) < 4.78 is 32.0. The Morgan fingerprint density at radius 2 is 1.86 bits per heavy atom. The molecule has 0 spiro atoms. The van der Waals surface area contributed by atoms with E-state index in [0.717, 1.165) is 31.8 Å². The molecule has 1 N–H and O–H groups in total. The molecule has 1 aliphatic heterocycles. The number of benzene rings is 1. The lowest BCUT2D eigenvalue weighted by atomic mass is 10.3. The highest BCUT2D eigenvalue weighted by Crippen LogP contribution is 2.18. The number of carbonyl (C=O) groups is 1. The predicted octanol–water partition coefficient (Wildman–Crippen LogP) is 1.76. The fourth-order valence-corrected chi connectivity index (χ4v) is 2.20. The highest BCUT2D eigenvalue weighted by molar-refractivity contribution is 5.89. The molecule has 1 saturated heterocycles. The van der Waals surface area contributed by atoms with E-state index in [2.05, 4.69) is 10.2 Å². The Hall–Kier alpha value is -1.73. The summed E-state index contributed by atoms with van der Waals surface area (Å²) in [6.45, 7) is 3.94. The van der Waals surface area contributed by atoms with Gasteiger partial charge in [0.2, 0.25) is 0 Å². The van der Waals surface area contributed by atoms with E-state index >= 15 is 0 Å². The number of urea groups is 1. The van der Waals surface area contributed by atoms with Crippen molar-refractivity contribution in [2.24, 2.45) is 0 Å². The largest absolute Gasteiger partial charge is 0.383 e. The number of halogens is 2. The molecule has 116 valence electrons. The third kappa shape index (κ3) is 4.12. The van der Waals surface area contributed by atoms with Crippen molar-refractivity contribution in [2.75, 3.05) is 51.8 Å². The van der Waals surface area contributed by atoms with Crippen LogP contribution in [0.5, 0.6) is 0 Å². The van der Waals surface area contributed by atoms with Crippen molar-refractivity contribution in [3.05, 3.63) is 29.8 Å². The summed E-state index contributed by atoms with van der Waals surface area (Å²) in [5.74, 6) is -1.55. The molecular weight excluding hydrogens is 280 g/mol. The van der Waals surface area contributed by atoms with Crippen LogP contribution in [0.25, 0.3) is 0 Å². The number of carbonyl (C=O) groups excluding carboxylic acids is 1. The molecule has 0 unspecified atom stereocenters. The fourth-order valence-electron chi connectivity index (χ4n) is 2.20. The molecular formula is C14H19F2N3O2. The van der Waals surface area contributed by atoms with Gasteiger partial charge in [-0.15, -0.1) is 0 Å². The second kappa shape index (κ2) is 7.33. The zero-order valence-electron chi connectivity index (χ0n) is 11.9. The average Bonchev–Trinajstić information content (AvgIpc) is 2.49. The van der Waals surface area contributed by atoms with Crippen molar-refractivity contribution in [3.8, 4) is 0 Å². The predicted molar refractivity (Wildman–Crippen MR) is 75.3 cm³/mol. The summed E-state index contributed by atoms with van der Waals surface area (Å²) in [5, 5.41) is 2.30. The van der Waals surface area contributed by atoms with Crippen molar-refractivity contribution in [2.45, 2.75) is 0 Å². The van der Waals surface area contributed by atoms with Crippen molar-refractivity contribution in [3.63, 3.8) is 0 Å². The van der Waals surface area contributed by atoms with Crippen LogP contribution in [0.3, 0.4) is 0 Å². The topological polar surface area (TPSA) is 44.8 Å². The van der Waals surface area contributed by atoms with Crippen LogP contribution in [0.2, 0.25) is 0 Å². The molecule has 2 amide bonds. The van der Waals surface area contributed by atoms with Gasteiger partial charge in [0.25, 0.3) is 0 Å². The molecule has 7 heteroatoms. The smallest absolute Gasteiger partial charge is 0.322 e. The van der Waals surface area contributed by atoms with E-state index in [9.17, 15) is 13.6 Å². The van der Waals surface area contributed by atoms with Gasteiger partial charge in [-0.1, -0.05) is 6.07 Å². The lowest BCUT2D eigenvalue weighted by Crippen LogP contribution is -2.50. The molecule has 5 nitrogen and oxygen atoms in total. The lowest BCUT2D eigenvalue weighted by Gasteiger charge is -2.34. The third-order valence-electron chi connectivity index (χ3n) is 3.47. The van der Waals surface area contributed by atoms with Crippen molar-refractivity contribution in [1.82, 2.24) is 9.80 Å². The molecule has 0 aromatic heterocycles. The number of amides is 2. The zero-order valence-corrected chi connectivity index (χ0v) is 11.9. The monoisotopic (exact) mass is 299 g/mol. The van der Waals surface area contributed by atoms with Crippen LogP contribution in [0, 0.1) is 11.6 Å². The molecule has 1 heterocycles. The maximum absolute atomic E-state index is 13.5. The number of rotatable bonds is 4. The fraction of sp³-hybridized carbons (Fsp3) is 0.500. The maximum atomic E-state index is 13.5. The number of methoxy groups -OCH3 is 1. The minimum atomic E-state index is -0.776. The molecule has 0 radical (unpaired) electrons. The van der Waals surface area contributed by atoms with Crippen LogP contribution in [0.15, 0.2) is 18.2 Å². The minimum Gasteiger partial charge on any atom is -0.383 e. The Labute approximate surface area is 122 Å². The van der Waals surface area contributed by atoms with E-state index in [1.165, 1.54) is 6.07 Å². The number of piperazine rings is 1. The standard InChI is InChI=1S/C14H19F2N3O2/c1-21-10-9-18-5-7-19(8-6-18)14(20)17-13-11(15)3-2-4-12(13)16/h2-4H,5-10H2,1H3,(H,17,20). The van der Waals surface area contributed by atoms with E-state index < -0.39 is 23.4 Å². The quantitative estimate of drug-likeness (QED) is 0.921. The van der Waals surface area contributed by atoms with Crippen LogP contribution in [0.1, 0.15) is 0 Å². The van der Waals surface area contributed by atoms with Gasteiger partial charge in [-0.25, -0.2) is 13.6 Å². The average molecular weight is 299 g/mol. The molecule has 2 rings (SSSR count). The summed E-state index contributed by atoms with van der Waals surface area (Å²) in [5.41, 5.74) is -0.399. The number of ether oxygens (including phenoxy) is 1. The second-order valence-corrected chi connectivity index (χ2v) is 4.85. The number of anilines is 1. The van der Waals surface area contributed by atoms with Gasteiger partial charge in [0.05, 0.1) is 6.61 Å². The molecule has 0 aliphatic carbocycles. The van der Waals surface area contributed by atoms with Gasteiger partial charge in [0.1, 0.15) is 17.3 Å². The summed E-state index contributed by atoms with van der Waals surface area (Å²) in [4.78, 5) is 15.8. The van der Waals surface area contributed by atoms with E-state index in [4.69, 9.17) is 4.74 Å². The molecule has 1 aromatic rings. The second-order valence-electron chi connectivity index (χ2n) is 4.85. The SMILES string of the molecule is COCCN1CCN(C(=O)Nc2c(F)cccc2F)CC1. The Kier molecular flexibility index (Phi) is 5.46. The highest BCUT2D eigenvalue weighted by Gasteiger charge is 2.22. The molecule has 1 aromatic carbocycles. The van der Waals surface area contributed by atoms with Crippen LogP contribution < -0.4 is 5.32 Å². The number of nitrogens with zero attached hydrogens (tertiary/aromatic N) is 2. The van der Waals surface area contributed by atoms with Gasteiger partial charge >= 0.3 is 6.03 Å². The molecule has 1 aliphatic rings. The van der Waals surface area contributed by atoms with E-state index in [0.29, 0.717) is 19.7 Å². The van der Waals surface area contributed by atoms with Gasteiger partial charge in [-0.3, -0.25) is 4.90 Å². The number of para-hydroxylation sites is 1. The summed E-state index contributed by atoms with van der Waals surface area (Å²) >= 11 is 0. The van der Waals surface area contributed by atoms with Crippen molar-refractivity contribution in [1.29, 1.82) is 0 Å². The molecule has 1 fully saturated rings. The normalized spacial score (nSPS) is 16.0. The van der Waals surface area contributed by atoms with Gasteiger partial charge in [-0.2, -0.15) is 0 Å². The Morgan fingerprint density at radius 3 is 2.43 bits per heavy atom. The Bertz CT molecular complexity index is 471. The Morgan fingerprint density at radius 1 is 1.24 bits per heavy atom. The Balaban J connectivity index is 1.88. The maximum Gasteiger partial charge on any atom is 0.322 e. The zero-order chi connectivity index (χ0) is 15.2. The van der Waals surface area contributed by atoms with Gasteiger partial charge in [-0.05, 0) is 12.1 Å². The highest BCUT2D eigenvalue weighted by atomic mass is 19.1.